The monoisotopic (exact) mass is 420 g/mol. The van der Waals surface area contributed by atoms with E-state index in [0.717, 1.165) is 11.3 Å². The standard InChI is InChI=1S/C25H28N2O4/c1-3-23(25(29)30-16-19-10-6-4-7-11-19)21(14-22-15-26-18-27(22)2)17-31-24(28)20-12-8-5-9-13-20/h4-13,15,18,21,23H,3,14,16-17H2,1-2H3/t21-,23-/m0/s1. The van der Waals surface area contributed by atoms with Gasteiger partial charge >= 0.3 is 11.9 Å². The third-order valence-corrected chi connectivity index (χ3v) is 5.36. The maximum Gasteiger partial charge on any atom is 0.338 e. The number of hydrogen-bond donors (Lipinski definition) is 0. The van der Waals surface area contributed by atoms with E-state index in [4.69, 9.17) is 9.47 Å². The molecule has 2 atom stereocenters. The van der Waals surface area contributed by atoms with Gasteiger partial charge in [0.15, 0.2) is 0 Å². The molecule has 0 fully saturated rings. The minimum Gasteiger partial charge on any atom is -0.462 e. The van der Waals surface area contributed by atoms with Crippen molar-refractivity contribution in [3.05, 3.63) is 90.0 Å². The Bertz CT molecular complexity index is 969. The highest BCUT2D eigenvalue weighted by Gasteiger charge is 2.30. The third kappa shape index (κ3) is 6.28. The molecule has 3 aromatic rings. The van der Waals surface area contributed by atoms with Crippen LogP contribution in [-0.4, -0.2) is 28.1 Å². The lowest BCUT2D eigenvalue weighted by molar-refractivity contribution is -0.152. The van der Waals surface area contributed by atoms with Gasteiger partial charge in [0.25, 0.3) is 0 Å². The number of benzene rings is 2. The first-order valence-corrected chi connectivity index (χ1v) is 10.5. The lowest BCUT2D eigenvalue weighted by Crippen LogP contribution is -2.31. The van der Waals surface area contributed by atoms with Crippen LogP contribution in [0.25, 0.3) is 0 Å². The summed E-state index contributed by atoms with van der Waals surface area (Å²) in [7, 11) is 1.91. The second kappa shape index (κ2) is 11.1. The summed E-state index contributed by atoms with van der Waals surface area (Å²) in [5.41, 5.74) is 2.39. The molecule has 0 spiro atoms. The number of ether oxygens (including phenoxy) is 2. The fourth-order valence-electron chi connectivity index (χ4n) is 3.54. The predicted octanol–water partition coefficient (Wildman–Crippen LogP) is 4.21. The normalized spacial score (nSPS) is 12.7. The largest absolute Gasteiger partial charge is 0.462 e. The zero-order chi connectivity index (χ0) is 22.1. The second-order valence-corrected chi connectivity index (χ2v) is 7.53. The van der Waals surface area contributed by atoms with Gasteiger partial charge in [-0.15, -0.1) is 0 Å². The highest BCUT2D eigenvalue weighted by atomic mass is 16.5. The summed E-state index contributed by atoms with van der Waals surface area (Å²) in [6.07, 6.45) is 4.63. The van der Waals surface area contributed by atoms with Crippen LogP contribution in [0.15, 0.2) is 73.2 Å². The maximum atomic E-state index is 12.9. The van der Waals surface area contributed by atoms with Crippen LogP contribution in [-0.2, 0) is 34.3 Å². The molecule has 2 aromatic carbocycles. The van der Waals surface area contributed by atoms with E-state index in [1.165, 1.54) is 0 Å². The van der Waals surface area contributed by atoms with Crippen LogP contribution in [0, 0.1) is 11.8 Å². The van der Waals surface area contributed by atoms with Crippen LogP contribution < -0.4 is 0 Å². The van der Waals surface area contributed by atoms with Crippen molar-refractivity contribution in [3.8, 4) is 0 Å². The fraction of sp³-hybridized carbons (Fsp3) is 0.320. The highest BCUT2D eigenvalue weighted by molar-refractivity contribution is 5.89. The number of carbonyl (C=O) groups is 2. The van der Waals surface area contributed by atoms with Gasteiger partial charge in [-0.25, -0.2) is 9.78 Å². The number of nitrogens with zero attached hydrogens (tertiary/aromatic N) is 2. The van der Waals surface area contributed by atoms with Crippen LogP contribution in [0.5, 0.6) is 0 Å². The summed E-state index contributed by atoms with van der Waals surface area (Å²) in [4.78, 5) is 29.5. The maximum absolute atomic E-state index is 12.9. The fourth-order valence-corrected chi connectivity index (χ4v) is 3.54. The molecule has 0 aliphatic rings. The zero-order valence-corrected chi connectivity index (χ0v) is 17.9. The average molecular weight is 421 g/mol. The van der Waals surface area contributed by atoms with E-state index in [9.17, 15) is 9.59 Å². The molecule has 0 saturated carbocycles. The van der Waals surface area contributed by atoms with Gasteiger partial charge in [0.05, 0.1) is 24.4 Å². The second-order valence-electron chi connectivity index (χ2n) is 7.53. The Morgan fingerprint density at radius 2 is 1.68 bits per heavy atom. The minimum absolute atomic E-state index is 0.123. The molecule has 0 unspecified atom stereocenters. The van der Waals surface area contributed by atoms with E-state index in [-0.39, 0.29) is 25.1 Å². The molecule has 1 aromatic heterocycles. The first-order chi connectivity index (χ1) is 15.1. The Hall–Kier alpha value is -3.41. The number of aromatic nitrogens is 2. The van der Waals surface area contributed by atoms with Gasteiger partial charge in [-0.3, -0.25) is 4.79 Å². The first kappa shape index (κ1) is 22.3. The van der Waals surface area contributed by atoms with Crippen LogP contribution >= 0.6 is 0 Å². The van der Waals surface area contributed by atoms with E-state index in [1.807, 2.05) is 54.9 Å². The molecule has 0 aliphatic carbocycles. The number of hydrogen-bond acceptors (Lipinski definition) is 5. The van der Waals surface area contributed by atoms with Gasteiger partial charge in [-0.05, 0) is 30.5 Å². The summed E-state index contributed by atoms with van der Waals surface area (Å²) < 4.78 is 13.1. The Morgan fingerprint density at radius 3 is 2.29 bits per heavy atom. The molecule has 0 aliphatic heterocycles. The molecule has 0 bridgehead atoms. The van der Waals surface area contributed by atoms with Crippen molar-refractivity contribution in [2.75, 3.05) is 6.61 Å². The van der Waals surface area contributed by atoms with Crippen molar-refractivity contribution in [1.82, 2.24) is 9.55 Å². The van der Waals surface area contributed by atoms with Crippen molar-refractivity contribution in [1.29, 1.82) is 0 Å². The summed E-state index contributed by atoms with van der Waals surface area (Å²) in [5.74, 6) is -1.31. The Labute approximate surface area is 182 Å². The Balaban J connectivity index is 1.70. The van der Waals surface area contributed by atoms with Crippen LogP contribution in [0.2, 0.25) is 0 Å². The van der Waals surface area contributed by atoms with Gasteiger partial charge in [-0.1, -0.05) is 55.5 Å². The van der Waals surface area contributed by atoms with E-state index < -0.39 is 11.9 Å². The number of aryl methyl sites for hydroxylation is 1. The molecule has 31 heavy (non-hydrogen) atoms. The zero-order valence-electron chi connectivity index (χ0n) is 17.9. The topological polar surface area (TPSA) is 70.4 Å². The molecular weight excluding hydrogens is 392 g/mol. The van der Waals surface area contributed by atoms with E-state index in [0.29, 0.717) is 18.4 Å². The van der Waals surface area contributed by atoms with Gasteiger partial charge < -0.3 is 14.0 Å². The van der Waals surface area contributed by atoms with Crippen LogP contribution in [0.3, 0.4) is 0 Å². The van der Waals surface area contributed by atoms with Crippen LogP contribution in [0.1, 0.15) is 35.0 Å². The number of esters is 2. The van der Waals surface area contributed by atoms with Crippen molar-refractivity contribution in [2.45, 2.75) is 26.4 Å². The highest BCUT2D eigenvalue weighted by Crippen LogP contribution is 2.24. The number of imidazole rings is 1. The van der Waals surface area contributed by atoms with E-state index in [1.54, 1.807) is 36.8 Å². The summed E-state index contributed by atoms with van der Waals surface area (Å²) >= 11 is 0. The SMILES string of the molecule is CC[C@H](C(=O)OCc1ccccc1)[C@H](COC(=O)c1ccccc1)Cc1cncn1C. The molecule has 162 valence electrons. The van der Waals surface area contributed by atoms with Crippen molar-refractivity contribution in [2.24, 2.45) is 18.9 Å². The molecule has 6 nitrogen and oxygen atoms in total. The minimum atomic E-state index is -0.401. The molecule has 3 rings (SSSR count). The van der Waals surface area contributed by atoms with Crippen molar-refractivity contribution < 1.29 is 19.1 Å². The van der Waals surface area contributed by atoms with Crippen molar-refractivity contribution in [3.63, 3.8) is 0 Å². The average Bonchev–Trinajstić information content (AvgIpc) is 3.21. The first-order valence-electron chi connectivity index (χ1n) is 10.5. The van der Waals surface area contributed by atoms with Gasteiger partial charge in [0.1, 0.15) is 6.61 Å². The molecule has 6 heteroatoms. The number of rotatable bonds is 10. The molecule has 0 saturated heterocycles. The Kier molecular flexibility index (Phi) is 7.98. The summed E-state index contributed by atoms with van der Waals surface area (Å²) in [6, 6.07) is 18.4. The van der Waals surface area contributed by atoms with Crippen LogP contribution in [0.4, 0.5) is 0 Å². The van der Waals surface area contributed by atoms with Gasteiger partial charge in [0, 0.05) is 24.9 Å². The molecular formula is C25H28N2O4. The third-order valence-electron chi connectivity index (χ3n) is 5.36. The summed E-state index contributed by atoms with van der Waals surface area (Å²) in [6.45, 7) is 2.29. The van der Waals surface area contributed by atoms with E-state index in [2.05, 4.69) is 4.98 Å². The van der Waals surface area contributed by atoms with Gasteiger partial charge in [-0.2, -0.15) is 0 Å². The molecule has 0 amide bonds. The smallest absolute Gasteiger partial charge is 0.338 e. The lowest BCUT2D eigenvalue weighted by Gasteiger charge is -2.25. The molecule has 1 heterocycles. The lowest BCUT2D eigenvalue weighted by atomic mass is 9.87. The molecule has 0 radical (unpaired) electrons. The summed E-state index contributed by atoms with van der Waals surface area (Å²) in [5, 5.41) is 0. The Morgan fingerprint density at radius 1 is 1.00 bits per heavy atom. The van der Waals surface area contributed by atoms with E-state index >= 15 is 0 Å². The predicted molar refractivity (Wildman–Crippen MR) is 117 cm³/mol. The quantitative estimate of drug-likeness (QED) is 0.460. The number of carbonyl (C=O) groups excluding carboxylic acids is 2. The van der Waals surface area contributed by atoms with Gasteiger partial charge in [0.2, 0.25) is 0 Å². The van der Waals surface area contributed by atoms with Crippen molar-refractivity contribution >= 4 is 11.9 Å². The molecule has 0 N–H and O–H groups in total.